The average Bonchev–Trinajstić information content (AvgIpc) is 2.31. The summed E-state index contributed by atoms with van der Waals surface area (Å²) in [4.78, 5) is 10.7. The molecule has 2 N–H and O–H groups in total. The van der Waals surface area contributed by atoms with Crippen molar-refractivity contribution in [2.75, 3.05) is 13.2 Å². The van der Waals surface area contributed by atoms with E-state index in [1.807, 2.05) is 13.8 Å². The van der Waals surface area contributed by atoms with Crippen molar-refractivity contribution in [1.29, 1.82) is 0 Å². The van der Waals surface area contributed by atoms with Gasteiger partial charge in [0.15, 0.2) is 17.6 Å². The van der Waals surface area contributed by atoms with Crippen LogP contribution in [0, 0.1) is 0 Å². The Kier molecular flexibility index (Phi) is 4.78. The first-order chi connectivity index (χ1) is 8.10. The summed E-state index contributed by atoms with van der Waals surface area (Å²) in [5, 5.41) is 18.1. The SMILES string of the molecule is CCOc1ccc(C(O)C(=O)O)cc1OCC. The van der Waals surface area contributed by atoms with Crippen molar-refractivity contribution in [3.63, 3.8) is 0 Å². The van der Waals surface area contributed by atoms with Gasteiger partial charge in [-0.05, 0) is 31.5 Å². The van der Waals surface area contributed by atoms with E-state index in [0.29, 0.717) is 24.7 Å². The Morgan fingerprint density at radius 2 is 1.82 bits per heavy atom. The molecule has 5 nitrogen and oxygen atoms in total. The predicted octanol–water partition coefficient (Wildman–Crippen LogP) is 1.60. The number of hydrogen-bond acceptors (Lipinski definition) is 4. The van der Waals surface area contributed by atoms with Crippen LogP contribution in [0.15, 0.2) is 18.2 Å². The molecular weight excluding hydrogens is 224 g/mol. The topological polar surface area (TPSA) is 76.0 Å². The van der Waals surface area contributed by atoms with Gasteiger partial charge < -0.3 is 19.7 Å². The molecule has 5 heteroatoms. The Morgan fingerprint density at radius 3 is 2.35 bits per heavy atom. The highest BCUT2D eigenvalue weighted by atomic mass is 16.5. The van der Waals surface area contributed by atoms with Crippen LogP contribution in [0.4, 0.5) is 0 Å². The fraction of sp³-hybridized carbons (Fsp3) is 0.417. The molecule has 0 saturated heterocycles. The van der Waals surface area contributed by atoms with E-state index in [1.54, 1.807) is 6.07 Å². The molecule has 0 aliphatic carbocycles. The van der Waals surface area contributed by atoms with E-state index in [-0.39, 0.29) is 5.56 Å². The number of hydrogen-bond donors (Lipinski definition) is 2. The third-order valence-corrected chi connectivity index (χ3v) is 2.12. The largest absolute Gasteiger partial charge is 0.490 e. The molecular formula is C12H16O5. The maximum atomic E-state index is 10.7. The van der Waals surface area contributed by atoms with Crippen molar-refractivity contribution in [2.45, 2.75) is 20.0 Å². The number of carboxylic acids is 1. The lowest BCUT2D eigenvalue weighted by molar-refractivity contribution is -0.146. The lowest BCUT2D eigenvalue weighted by Gasteiger charge is -2.13. The van der Waals surface area contributed by atoms with Crippen LogP contribution < -0.4 is 9.47 Å². The van der Waals surface area contributed by atoms with Gasteiger partial charge in [0.1, 0.15) is 0 Å². The molecule has 0 amide bonds. The Labute approximate surface area is 99.6 Å². The smallest absolute Gasteiger partial charge is 0.337 e. The van der Waals surface area contributed by atoms with E-state index in [2.05, 4.69) is 0 Å². The Bertz CT molecular complexity index is 388. The molecule has 1 rings (SSSR count). The zero-order valence-electron chi connectivity index (χ0n) is 9.84. The fourth-order valence-electron chi connectivity index (χ4n) is 1.38. The minimum atomic E-state index is -1.55. The second-order valence-electron chi connectivity index (χ2n) is 3.31. The van der Waals surface area contributed by atoms with Gasteiger partial charge in [0.25, 0.3) is 0 Å². The molecule has 0 bridgehead atoms. The predicted molar refractivity (Wildman–Crippen MR) is 61.4 cm³/mol. The summed E-state index contributed by atoms with van der Waals surface area (Å²) in [7, 11) is 0. The first kappa shape index (κ1) is 13.3. The van der Waals surface area contributed by atoms with E-state index in [0.717, 1.165) is 0 Å². The van der Waals surface area contributed by atoms with E-state index < -0.39 is 12.1 Å². The second-order valence-corrected chi connectivity index (χ2v) is 3.31. The van der Waals surface area contributed by atoms with Crippen LogP contribution in [0.5, 0.6) is 11.5 Å². The van der Waals surface area contributed by atoms with Crippen molar-refractivity contribution < 1.29 is 24.5 Å². The Morgan fingerprint density at radius 1 is 1.24 bits per heavy atom. The minimum absolute atomic E-state index is 0.268. The maximum absolute atomic E-state index is 10.7. The summed E-state index contributed by atoms with van der Waals surface area (Å²) in [5.74, 6) is -0.320. The van der Waals surface area contributed by atoms with Crippen LogP contribution in [-0.4, -0.2) is 29.4 Å². The first-order valence-electron chi connectivity index (χ1n) is 5.40. The number of carbonyl (C=O) groups is 1. The molecule has 1 aromatic rings. The lowest BCUT2D eigenvalue weighted by atomic mass is 10.1. The number of aliphatic hydroxyl groups excluding tert-OH is 1. The van der Waals surface area contributed by atoms with Crippen molar-refractivity contribution in [1.82, 2.24) is 0 Å². The van der Waals surface area contributed by atoms with E-state index >= 15 is 0 Å². The van der Waals surface area contributed by atoms with Gasteiger partial charge in [0, 0.05) is 0 Å². The Balaban J connectivity index is 3.04. The van der Waals surface area contributed by atoms with Gasteiger partial charge in [-0.2, -0.15) is 0 Å². The van der Waals surface area contributed by atoms with Gasteiger partial charge in [-0.1, -0.05) is 6.07 Å². The lowest BCUT2D eigenvalue weighted by Crippen LogP contribution is -2.11. The van der Waals surface area contributed by atoms with E-state index in [9.17, 15) is 9.90 Å². The molecule has 17 heavy (non-hydrogen) atoms. The molecule has 0 fully saturated rings. The van der Waals surface area contributed by atoms with Gasteiger partial charge in [-0.25, -0.2) is 4.79 Å². The summed E-state index contributed by atoms with van der Waals surface area (Å²) in [6, 6.07) is 4.58. The number of benzene rings is 1. The van der Waals surface area contributed by atoms with Gasteiger partial charge in [0.05, 0.1) is 13.2 Å². The van der Waals surface area contributed by atoms with E-state index in [1.165, 1.54) is 12.1 Å². The average molecular weight is 240 g/mol. The number of ether oxygens (including phenoxy) is 2. The van der Waals surface area contributed by atoms with Crippen molar-refractivity contribution in [3.05, 3.63) is 23.8 Å². The highest BCUT2D eigenvalue weighted by molar-refractivity contribution is 5.74. The summed E-state index contributed by atoms with van der Waals surface area (Å²) in [5.41, 5.74) is 0.268. The first-order valence-corrected chi connectivity index (χ1v) is 5.40. The van der Waals surface area contributed by atoms with E-state index in [4.69, 9.17) is 14.6 Å². The van der Waals surface area contributed by atoms with Gasteiger partial charge in [-0.15, -0.1) is 0 Å². The van der Waals surface area contributed by atoms with Crippen molar-refractivity contribution in [2.24, 2.45) is 0 Å². The van der Waals surface area contributed by atoms with Gasteiger partial charge >= 0.3 is 5.97 Å². The van der Waals surface area contributed by atoms with Crippen LogP contribution in [0.1, 0.15) is 25.5 Å². The quantitative estimate of drug-likeness (QED) is 0.789. The molecule has 1 unspecified atom stereocenters. The normalized spacial score (nSPS) is 11.9. The van der Waals surface area contributed by atoms with Crippen molar-refractivity contribution in [3.8, 4) is 11.5 Å². The number of aliphatic hydroxyl groups is 1. The van der Waals surface area contributed by atoms with Gasteiger partial charge in [-0.3, -0.25) is 0 Å². The van der Waals surface area contributed by atoms with Crippen LogP contribution in [0.25, 0.3) is 0 Å². The standard InChI is InChI=1S/C12H16O5/c1-3-16-9-6-5-8(11(13)12(14)15)7-10(9)17-4-2/h5-7,11,13H,3-4H2,1-2H3,(H,14,15). The highest BCUT2D eigenvalue weighted by Crippen LogP contribution is 2.30. The van der Waals surface area contributed by atoms with Crippen LogP contribution >= 0.6 is 0 Å². The van der Waals surface area contributed by atoms with Crippen LogP contribution in [-0.2, 0) is 4.79 Å². The molecule has 0 aliphatic heterocycles. The molecule has 0 heterocycles. The zero-order valence-corrected chi connectivity index (χ0v) is 9.84. The number of aliphatic carboxylic acids is 1. The molecule has 0 spiro atoms. The second kappa shape index (κ2) is 6.10. The minimum Gasteiger partial charge on any atom is -0.490 e. The third kappa shape index (κ3) is 3.35. The van der Waals surface area contributed by atoms with Crippen LogP contribution in [0.3, 0.4) is 0 Å². The zero-order chi connectivity index (χ0) is 12.8. The molecule has 0 radical (unpaired) electrons. The molecule has 0 saturated carbocycles. The maximum Gasteiger partial charge on any atom is 0.337 e. The summed E-state index contributed by atoms with van der Waals surface area (Å²) < 4.78 is 10.7. The monoisotopic (exact) mass is 240 g/mol. The highest BCUT2D eigenvalue weighted by Gasteiger charge is 2.18. The summed E-state index contributed by atoms with van der Waals surface area (Å²) >= 11 is 0. The summed E-state index contributed by atoms with van der Waals surface area (Å²) in [6.07, 6.45) is -1.55. The van der Waals surface area contributed by atoms with Crippen molar-refractivity contribution >= 4 is 5.97 Å². The molecule has 0 aromatic heterocycles. The van der Waals surface area contributed by atoms with Gasteiger partial charge in [0.2, 0.25) is 0 Å². The molecule has 94 valence electrons. The molecule has 1 atom stereocenters. The fourth-order valence-corrected chi connectivity index (χ4v) is 1.38. The Hall–Kier alpha value is -1.75. The third-order valence-electron chi connectivity index (χ3n) is 2.12. The molecule has 1 aromatic carbocycles. The summed E-state index contributed by atoms with van der Waals surface area (Å²) in [6.45, 7) is 4.58. The number of rotatable bonds is 6. The van der Waals surface area contributed by atoms with Crippen LogP contribution in [0.2, 0.25) is 0 Å². The number of carboxylic acid groups (broad SMARTS) is 1. The molecule has 0 aliphatic rings.